The molecule has 3 aromatic rings. The molecule has 1 saturated heterocycles. The summed E-state index contributed by atoms with van der Waals surface area (Å²) in [7, 11) is -0.476. The van der Waals surface area contributed by atoms with E-state index in [0.717, 1.165) is 34.2 Å². The first kappa shape index (κ1) is 21.0. The normalized spacial score (nSPS) is 17.6. The van der Waals surface area contributed by atoms with E-state index in [1.54, 1.807) is 6.26 Å². The molecule has 4 rings (SSSR count). The minimum atomic E-state index is -0.476. The van der Waals surface area contributed by atoms with Gasteiger partial charge in [0.25, 0.3) is 0 Å². The first-order valence-corrected chi connectivity index (χ1v) is 10.7. The van der Waals surface area contributed by atoms with Crippen molar-refractivity contribution in [3.8, 4) is 5.75 Å². The van der Waals surface area contributed by atoms with Gasteiger partial charge in [-0.1, -0.05) is 25.1 Å². The molecule has 2 aromatic carbocycles. The summed E-state index contributed by atoms with van der Waals surface area (Å²) in [5, 5.41) is 1.03. The van der Waals surface area contributed by atoms with E-state index in [4.69, 9.17) is 18.5 Å². The highest BCUT2D eigenvalue weighted by molar-refractivity contribution is 6.64. The Morgan fingerprint density at radius 2 is 1.67 bits per heavy atom. The molecule has 30 heavy (non-hydrogen) atoms. The number of hydrogen-bond acceptors (Lipinski definition) is 4. The van der Waals surface area contributed by atoms with Crippen LogP contribution in [0, 0.1) is 13.8 Å². The zero-order chi connectivity index (χ0) is 21.7. The highest BCUT2D eigenvalue weighted by Gasteiger charge is 2.52. The molecule has 0 atom stereocenters. The third-order valence-electron chi connectivity index (χ3n) is 6.67. The highest BCUT2D eigenvalue weighted by atomic mass is 16.7. The van der Waals surface area contributed by atoms with Crippen molar-refractivity contribution >= 4 is 23.6 Å². The fraction of sp³-hybridized carbons (Fsp3) is 0.440. The monoisotopic (exact) mass is 406 g/mol. The lowest BCUT2D eigenvalue weighted by molar-refractivity contribution is 0.00578. The molecule has 0 radical (unpaired) electrons. The molecule has 0 aliphatic carbocycles. The molecule has 0 spiro atoms. The Labute approximate surface area is 179 Å². The summed E-state index contributed by atoms with van der Waals surface area (Å²) < 4.78 is 24.7. The van der Waals surface area contributed by atoms with Crippen LogP contribution in [0.25, 0.3) is 11.0 Å². The van der Waals surface area contributed by atoms with Crippen molar-refractivity contribution in [3.05, 3.63) is 58.8 Å². The van der Waals surface area contributed by atoms with Crippen LogP contribution in [0.5, 0.6) is 5.75 Å². The number of fused-ring (bicyclic) bond motifs is 1. The van der Waals surface area contributed by atoms with E-state index in [2.05, 4.69) is 72.7 Å². The quantitative estimate of drug-likeness (QED) is 0.526. The van der Waals surface area contributed by atoms with E-state index >= 15 is 0 Å². The number of rotatable bonds is 5. The van der Waals surface area contributed by atoms with Gasteiger partial charge >= 0.3 is 7.12 Å². The Hall–Kier alpha value is -2.24. The van der Waals surface area contributed by atoms with Gasteiger partial charge in [0.1, 0.15) is 17.9 Å². The fourth-order valence-electron chi connectivity index (χ4n) is 3.88. The summed E-state index contributed by atoms with van der Waals surface area (Å²) in [6.07, 6.45) is 2.65. The maximum Gasteiger partial charge on any atom is 0.498 e. The van der Waals surface area contributed by atoms with Gasteiger partial charge in [-0.05, 0) is 82.3 Å². The van der Waals surface area contributed by atoms with Gasteiger partial charge < -0.3 is 18.5 Å². The molecule has 4 nitrogen and oxygen atoms in total. The Kier molecular flexibility index (Phi) is 5.23. The van der Waals surface area contributed by atoms with Crippen LogP contribution >= 0.6 is 0 Å². The van der Waals surface area contributed by atoms with Crippen molar-refractivity contribution in [2.24, 2.45) is 0 Å². The standard InChI is InChI=1S/C25H31BO4/c1-8-19-10-9-16(2)17(3)22(19)28-15-18-13-20-11-12-27-23(20)21(14-18)26-29-24(4,5)25(6,7)30-26/h9-14H,8,15H2,1-7H3. The highest BCUT2D eigenvalue weighted by Crippen LogP contribution is 2.37. The van der Waals surface area contributed by atoms with Gasteiger partial charge in [-0.25, -0.2) is 0 Å². The van der Waals surface area contributed by atoms with Gasteiger partial charge in [0.15, 0.2) is 0 Å². The summed E-state index contributed by atoms with van der Waals surface area (Å²) >= 11 is 0. The summed E-state index contributed by atoms with van der Waals surface area (Å²) in [4.78, 5) is 0. The minimum absolute atomic E-state index is 0.405. The maximum atomic E-state index is 6.34. The lowest BCUT2D eigenvalue weighted by Gasteiger charge is -2.32. The summed E-state index contributed by atoms with van der Waals surface area (Å²) in [5.74, 6) is 0.988. The summed E-state index contributed by atoms with van der Waals surface area (Å²) in [6.45, 7) is 15.1. The van der Waals surface area contributed by atoms with Crippen LogP contribution in [-0.2, 0) is 22.3 Å². The smallest absolute Gasteiger partial charge is 0.488 e. The number of hydrogen-bond donors (Lipinski definition) is 0. The van der Waals surface area contributed by atoms with E-state index in [1.807, 2.05) is 6.07 Å². The molecule has 1 aliphatic rings. The third kappa shape index (κ3) is 3.54. The summed E-state index contributed by atoms with van der Waals surface area (Å²) in [6, 6.07) is 10.5. The molecule has 0 saturated carbocycles. The molecule has 1 aromatic heterocycles. The van der Waals surface area contributed by atoms with E-state index < -0.39 is 18.3 Å². The Bertz CT molecular complexity index is 1060. The summed E-state index contributed by atoms with van der Waals surface area (Å²) in [5.41, 5.74) is 5.64. The first-order valence-electron chi connectivity index (χ1n) is 10.7. The minimum Gasteiger partial charge on any atom is -0.488 e. The van der Waals surface area contributed by atoms with Gasteiger partial charge in [-0.15, -0.1) is 0 Å². The fourth-order valence-corrected chi connectivity index (χ4v) is 3.88. The number of ether oxygens (including phenoxy) is 1. The molecule has 2 heterocycles. The average Bonchev–Trinajstić information content (AvgIpc) is 3.23. The molecule has 0 bridgehead atoms. The number of furan rings is 1. The third-order valence-corrected chi connectivity index (χ3v) is 6.67. The Balaban J connectivity index is 1.67. The van der Waals surface area contributed by atoms with Crippen molar-refractivity contribution in [3.63, 3.8) is 0 Å². The molecule has 0 unspecified atom stereocenters. The van der Waals surface area contributed by atoms with E-state index in [9.17, 15) is 0 Å². The van der Waals surface area contributed by atoms with Crippen LogP contribution in [0.3, 0.4) is 0 Å². The van der Waals surface area contributed by atoms with Gasteiger partial charge in [-0.3, -0.25) is 0 Å². The molecular weight excluding hydrogens is 375 g/mol. The van der Waals surface area contributed by atoms with Crippen molar-refractivity contribution in [2.45, 2.75) is 72.7 Å². The van der Waals surface area contributed by atoms with Crippen LogP contribution in [0.1, 0.15) is 56.9 Å². The van der Waals surface area contributed by atoms with Crippen molar-refractivity contribution in [2.75, 3.05) is 0 Å². The van der Waals surface area contributed by atoms with Crippen LogP contribution in [0.2, 0.25) is 0 Å². The van der Waals surface area contributed by atoms with E-state index in [1.165, 1.54) is 16.7 Å². The number of aryl methyl sites for hydroxylation is 2. The maximum absolute atomic E-state index is 6.34. The molecular formula is C25H31BO4. The Morgan fingerprint density at radius 3 is 2.33 bits per heavy atom. The van der Waals surface area contributed by atoms with Crippen LogP contribution in [-0.4, -0.2) is 18.3 Å². The van der Waals surface area contributed by atoms with Crippen LogP contribution < -0.4 is 10.2 Å². The van der Waals surface area contributed by atoms with E-state index in [0.29, 0.717) is 6.61 Å². The zero-order valence-corrected chi connectivity index (χ0v) is 19.1. The second kappa shape index (κ2) is 7.47. The van der Waals surface area contributed by atoms with Crippen LogP contribution in [0.15, 0.2) is 41.0 Å². The second-order valence-corrected chi connectivity index (χ2v) is 9.25. The van der Waals surface area contributed by atoms with Crippen molar-refractivity contribution < 1.29 is 18.5 Å². The average molecular weight is 406 g/mol. The lowest BCUT2D eigenvalue weighted by Crippen LogP contribution is -2.41. The van der Waals surface area contributed by atoms with Gasteiger partial charge in [-0.2, -0.15) is 0 Å². The topological polar surface area (TPSA) is 40.8 Å². The first-order chi connectivity index (χ1) is 14.1. The largest absolute Gasteiger partial charge is 0.498 e. The predicted octanol–water partition coefficient (Wildman–Crippen LogP) is 5.49. The van der Waals surface area contributed by atoms with Crippen molar-refractivity contribution in [1.82, 2.24) is 0 Å². The van der Waals surface area contributed by atoms with Gasteiger partial charge in [0, 0.05) is 10.8 Å². The predicted molar refractivity (Wildman–Crippen MR) is 122 cm³/mol. The molecule has 0 N–H and O–H groups in total. The van der Waals surface area contributed by atoms with Gasteiger partial charge in [0.2, 0.25) is 0 Å². The van der Waals surface area contributed by atoms with Crippen molar-refractivity contribution in [1.29, 1.82) is 0 Å². The molecule has 158 valence electrons. The molecule has 1 aliphatic heterocycles. The lowest BCUT2D eigenvalue weighted by atomic mass is 9.77. The van der Waals surface area contributed by atoms with Crippen LogP contribution in [0.4, 0.5) is 0 Å². The van der Waals surface area contributed by atoms with Gasteiger partial charge in [0.05, 0.1) is 17.5 Å². The molecule has 5 heteroatoms. The van der Waals surface area contributed by atoms with E-state index in [-0.39, 0.29) is 0 Å². The number of benzene rings is 2. The second-order valence-electron chi connectivity index (χ2n) is 9.25. The Morgan fingerprint density at radius 1 is 0.967 bits per heavy atom. The SMILES string of the molecule is CCc1ccc(C)c(C)c1OCc1cc(B2OC(C)(C)C(C)(C)O2)c2occc2c1. The zero-order valence-electron chi connectivity index (χ0n) is 19.1. The molecule has 1 fully saturated rings. The molecule has 0 amide bonds.